The smallest absolute Gasteiger partial charge is 0.387 e. The van der Waals surface area contributed by atoms with Gasteiger partial charge in [-0.05, 0) is 51.8 Å². The summed E-state index contributed by atoms with van der Waals surface area (Å²) in [5.74, 6) is 1.49. The van der Waals surface area contributed by atoms with Crippen molar-refractivity contribution in [3.8, 4) is 11.5 Å². The Morgan fingerprint density at radius 3 is 2.62 bits per heavy atom. The van der Waals surface area contributed by atoms with Crippen LogP contribution in [-0.4, -0.2) is 56.8 Å². The van der Waals surface area contributed by atoms with Crippen LogP contribution in [0.25, 0.3) is 0 Å². The summed E-state index contributed by atoms with van der Waals surface area (Å²) in [5.41, 5.74) is 0.554. The van der Waals surface area contributed by atoms with Crippen LogP contribution in [0.3, 0.4) is 0 Å². The number of rotatable bonds is 11. The van der Waals surface area contributed by atoms with Gasteiger partial charge >= 0.3 is 6.61 Å². The van der Waals surface area contributed by atoms with Gasteiger partial charge in [-0.2, -0.15) is 8.78 Å². The van der Waals surface area contributed by atoms with Crippen molar-refractivity contribution in [3.63, 3.8) is 0 Å². The van der Waals surface area contributed by atoms with E-state index in [-0.39, 0.29) is 12.3 Å². The predicted octanol–water partition coefficient (Wildman–Crippen LogP) is 3.47. The molecule has 8 heteroatoms. The van der Waals surface area contributed by atoms with Crippen LogP contribution in [0.4, 0.5) is 8.78 Å². The van der Waals surface area contributed by atoms with Crippen molar-refractivity contribution in [2.45, 2.75) is 46.8 Å². The Morgan fingerprint density at radius 1 is 1.21 bits per heavy atom. The molecule has 1 unspecified atom stereocenters. The summed E-state index contributed by atoms with van der Waals surface area (Å²) in [6.45, 7) is 8.60. The maximum absolute atomic E-state index is 12.9. The number of guanidine groups is 1. The van der Waals surface area contributed by atoms with Gasteiger partial charge in [0.25, 0.3) is 0 Å². The molecule has 0 aromatic heterocycles. The van der Waals surface area contributed by atoms with Gasteiger partial charge in [-0.1, -0.05) is 19.1 Å². The number of halogens is 2. The number of para-hydroxylation sites is 1. The summed E-state index contributed by atoms with van der Waals surface area (Å²) < 4.78 is 35.9. The number of benzene rings is 1. The molecule has 0 aliphatic carbocycles. The second kappa shape index (κ2) is 12.5. The van der Waals surface area contributed by atoms with Gasteiger partial charge in [0, 0.05) is 25.2 Å². The standard InChI is InChI=1S/C21H34F2N4O2/c1-4-24-21(25-13-16(3)15-27-11-6-7-12-27)26-14-17-9-8-10-18(28-5-2)19(17)29-20(22)23/h8-10,16,20H,4-7,11-15H2,1-3H3,(H2,24,25,26). The number of ether oxygens (including phenoxy) is 2. The summed E-state index contributed by atoms with van der Waals surface area (Å²) in [5, 5.41) is 6.56. The van der Waals surface area contributed by atoms with Crippen LogP contribution in [-0.2, 0) is 6.54 Å². The van der Waals surface area contributed by atoms with Crippen LogP contribution in [0.2, 0.25) is 0 Å². The molecule has 1 aliphatic heterocycles. The minimum absolute atomic E-state index is 0.0475. The second-order valence-corrected chi connectivity index (χ2v) is 7.24. The van der Waals surface area contributed by atoms with Gasteiger partial charge in [-0.25, -0.2) is 4.99 Å². The van der Waals surface area contributed by atoms with Crippen LogP contribution in [0.1, 0.15) is 39.2 Å². The fourth-order valence-electron chi connectivity index (χ4n) is 3.43. The molecule has 0 radical (unpaired) electrons. The highest BCUT2D eigenvalue weighted by Gasteiger charge is 2.17. The molecular formula is C21H34F2N4O2. The predicted molar refractivity (Wildman–Crippen MR) is 112 cm³/mol. The molecule has 164 valence electrons. The second-order valence-electron chi connectivity index (χ2n) is 7.24. The van der Waals surface area contributed by atoms with Crippen molar-refractivity contribution in [1.82, 2.24) is 15.5 Å². The molecule has 2 rings (SSSR count). The van der Waals surface area contributed by atoms with E-state index in [1.807, 2.05) is 6.92 Å². The van der Waals surface area contributed by atoms with Gasteiger partial charge in [0.05, 0.1) is 13.2 Å². The largest absolute Gasteiger partial charge is 0.490 e. The van der Waals surface area contributed by atoms with Gasteiger partial charge in [0.2, 0.25) is 0 Å². The lowest BCUT2D eigenvalue weighted by Gasteiger charge is -2.21. The Labute approximate surface area is 172 Å². The van der Waals surface area contributed by atoms with Crippen molar-refractivity contribution in [2.75, 3.05) is 39.3 Å². The molecule has 0 saturated carbocycles. The van der Waals surface area contributed by atoms with Gasteiger partial charge < -0.3 is 25.0 Å². The van der Waals surface area contributed by atoms with E-state index >= 15 is 0 Å². The molecule has 1 atom stereocenters. The number of nitrogens with zero attached hydrogens (tertiary/aromatic N) is 2. The molecule has 1 aliphatic rings. The molecular weight excluding hydrogens is 378 g/mol. The van der Waals surface area contributed by atoms with E-state index in [0.29, 0.717) is 36.3 Å². The lowest BCUT2D eigenvalue weighted by Crippen LogP contribution is -2.41. The number of nitrogens with one attached hydrogen (secondary N) is 2. The first-order valence-corrected chi connectivity index (χ1v) is 10.5. The fraction of sp³-hybridized carbons (Fsp3) is 0.667. The van der Waals surface area contributed by atoms with Crippen molar-refractivity contribution < 1.29 is 18.3 Å². The number of likely N-dealkylation sites (tertiary alicyclic amines) is 1. The maximum atomic E-state index is 12.9. The monoisotopic (exact) mass is 412 g/mol. The molecule has 1 saturated heterocycles. The molecule has 0 bridgehead atoms. The van der Waals surface area contributed by atoms with E-state index in [4.69, 9.17) is 9.47 Å². The van der Waals surface area contributed by atoms with E-state index in [1.165, 1.54) is 25.9 Å². The highest BCUT2D eigenvalue weighted by Crippen LogP contribution is 2.33. The number of alkyl halides is 2. The topological polar surface area (TPSA) is 58.1 Å². The first kappa shape index (κ1) is 23.2. The van der Waals surface area contributed by atoms with E-state index in [9.17, 15) is 8.78 Å². The Kier molecular flexibility index (Phi) is 9.97. The highest BCUT2D eigenvalue weighted by molar-refractivity contribution is 5.79. The average Bonchev–Trinajstić information content (AvgIpc) is 3.18. The Balaban J connectivity index is 2.01. The van der Waals surface area contributed by atoms with E-state index in [1.54, 1.807) is 25.1 Å². The minimum atomic E-state index is -2.92. The summed E-state index contributed by atoms with van der Waals surface area (Å²) in [7, 11) is 0. The zero-order valence-electron chi connectivity index (χ0n) is 17.7. The molecule has 29 heavy (non-hydrogen) atoms. The van der Waals surface area contributed by atoms with Crippen LogP contribution in [0.15, 0.2) is 23.2 Å². The zero-order chi connectivity index (χ0) is 21.1. The van der Waals surface area contributed by atoms with Crippen LogP contribution >= 0.6 is 0 Å². The normalized spacial score (nSPS) is 16.1. The molecule has 1 aromatic carbocycles. The Bertz CT molecular complexity index is 637. The summed E-state index contributed by atoms with van der Waals surface area (Å²) in [4.78, 5) is 7.05. The summed E-state index contributed by atoms with van der Waals surface area (Å²) in [6.07, 6.45) is 2.57. The lowest BCUT2D eigenvalue weighted by molar-refractivity contribution is -0.0520. The third-order valence-corrected chi connectivity index (χ3v) is 4.71. The Hall–Kier alpha value is -2.09. The van der Waals surface area contributed by atoms with Crippen molar-refractivity contribution in [1.29, 1.82) is 0 Å². The zero-order valence-corrected chi connectivity index (χ0v) is 17.7. The number of hydrogen-bond acceptors (Lipinski definition) is 4. The lowest BCUT2D eigenvalue weighted by atomic mass is 10.1. The van der Waals surface area contributed by atoms with Gasteiger partial charge in [-0.15, -0.1) is 0 Å². The van der Waals surface area contributed by atoms with Crippen molar-refractivity contribution in [3.05, 3.63) is 23.8 Å². The minimum Gasteiger partial charge on any atom is -0.490 e. The van der Waals surface area contributed by atoms with Crippen molar-refractivity contribution in [2.24, 2.45) is 10.9 Å². The summed E-state index contributed by atoms with van der Waals surface area (Å²) >= 11 is 0. The molecule has 6 nitrogen and oxygen atoms in total. The number of hydrogen-bond donors (Lipinski definition) is 2. The van der Waals surface area contributed by atoms with Crippen LogP contribution in [0.5, 0.6) is 11.5 Å². The Morgan fingerprint density at radius 2 is 1.97 bits per heavy atom. The molecule has 1 aromatic rings. The molecule has 2 N–H and O–H groups in total. The van der Waals surface area contributed by atoms with Gasteiger partial charge in [0.15, 0.2) is 17.5 Å². The molecule has 1 fully saturated rings. The fourth-order valence-corrected chi connectivity index (χ4v) is 3.43. The van der Waals surface area contributed by atoms with E-state index < -0.39 is 6.61 Å². The third kappa shape index (κ3) is 8.04. The summed E-state index contributed by atoms with van der Waals surface area (Å²) in [6, 6.07) is 5.11. The molecule has 0 amide bonds. The average molecular weight is 413 g/mol. The highest BCUT2D eigenvalue weighted by atomic mass is 19.3. The van der Waals surface area contributed by atoms with Crippen LogP contribution in [0, 0.1) is 5.92 Å². The van der Waals surface area contributed by atoms with E-state index in [0.717, 1.165) is 13.1 Å². The first-order chi connectivity index (χ1) is 14.0. The maximum Gasteiger partial charge on any atom is 0.387 e. The van der Waals surface area contributed by atoms with Crippen LogP contribution < -0.4 is 20.1 Å². The van der Waals surface area contributed by atoms with E-state index in [2.05, 4.69) is 27.4 Å². The quantitative estimate of drug-likeness (QED) is 0.431. The van der Waals surface area contributed by atoms with Gasteiger partial charge in [0.1, 0.15) is 0 Å². The SMILES string of the molecule is CCNC(=NCc1cccc(OCC)c1OC(F)F)NCC(C)CN1CCCC1. The molecule has 1 heterocycles. The first-order valence-electron chi connectivity index (χ1n) is 10.5. The number of aliphatic imine (C=N–C) groups is 1. The van der Waals surface area contributed by atoms with Gasteiger partial charge in [-0.3, -0.25) is 0 Å². The molecule has 0 spiro atoms. The van der Waals surface area contributed by atoms with Crippen molar-refractivity contribution >= 4 is 5.96 Å². The third-order valence-electron chi connectivity index (χ3n) is 4.71.